The summed E-state index contributed by atoms with van der Waals surface area (Å²) in [5, 5.41) is 23.7. The fraction of sp³-hybridized carbons (Fsp3) is 0.435. The van der Waals surface area contributed by atoms with E-state index in [9.17, 15) is 13.6 Å². The summed E-state index contributed by atoms with van der Waals surface area (Å²) in [5.41, 5.74) is 0.311. The van der Waals surface area contributed by atoms with Crippen molar-refractivity contribution in [1.82, 2.24) is 25.7 Å². The van der Waals surface area contributed by atoms with Crippen molar-refractivity contribution in [3.8, 4) is 23.1 Å². The number of carbonyl (C=O) groups excluding carboxylic acids is 1. The van der Waals surface area contributed by atoms with Crippen molar-refractivity contribution >= 4 is 5.91 Å². The molecule has 11 heteroatoms. The van der Waals surface area contributed by atoms with Crippen molar-refractivity contribution in [1.29, 1.82) is 0 Å². The number of nitrogens with zero attached hydrogens (tertiary/aromatic N) is 4. The van der Waals surface area contributed by atoms with E-state index in [-0.39, 0.29) is 17.4 Å². The number of amides is 1. The topological polar surface area (TPSA) is 123 Å². The monoisotopic (exact) mass is 475 g/mol. The third-order valence-electron chi connectivity index (χ3n) is 5.55. The molecule has 1 saturated carbocycles. The molecule has 1 fully saturated rings. The molecule has 34 heavy (non-hydrogen) atoms. The van der Waals surface area contributed by atoms with E-state index in [0.29, 0.717) is 29.8 Å². The van der Waals surface area contributed by atoms with Gasteiger partial charge in [-0.25, -0.2) is 8.78 Å². The van der Waals surface area contributed by atoms with Crippen molar-refractivity contribution in [2.45, 2.75) is 45.4 Å². The Morgan fingerprint density at radius 3 is 2.41 bits per heavy atom. The van der Waals surface area contributed by atoms with E-state index in [0.717, 1.165) is 37.8 Å². The maximum absolute atomic E-state index is 13.4. The SMILES string of the molecule is CC.COc1ccc(-c2noc(C3CCC(CNC(=O)c4cc(F)c(O)c(F)c4)CC3)n2)nn1. The number of halogens is 2. The molecule has 0 radical (unpaired) electrons. The lowest BCUT2D eigenvalue weighted by molar-refractivity contribution is 0.0941. The van der Waals surface area contributed by atoms with Gasteiger partial charge in [0.15, 0.2) is 17.4 Å². The Morgan fingerprint density at radius 1 is 1.15 bits per heavy atom. The third kappa shape index (κ3) is 5.83. The Bertz CT molecular complexity index is 1080. The smallest absolute Gasteiger partial charge is 0.251 e. The highest BCUT2D eigenvalue weighted by atomic mass is 19.1. The number of phenolic OH excluding ortho intramolecular Hbond substituents is 1. The van der Waals surface area contributed by atoms with Gasteiger partial charge < -0.3 is 19.7 Å². The second-order valence-corrected chi connectivity index (χ2v) is 7.63. The van der Waals surface area contributed by atoms with Crippen molar-refractivity contribution in [2.24, 2.45) is 5.92 Å². The number of hydrogen-bond donors (Lipinski definition) is 2. The quantitative estimate of drug-likeness (QED) is 0.542. The van der Waals surface area contributed by atoms with Gasteiger partial charge in [0.05, 0.1) is 7.11 Å². The molecule has 0 atom stereocenters. The molecule has 0 saturated heterocycles. The number of carbonyl (C=O) groups is 1. The molecule has 4 rings (SSSR count). The van der Waals surface area contributed by atoms with Gasteiger partial charge in [0.2, 0.25) is 17.6 Å². The van der Waals surface area contributed by atoms with Crippen molar-refractivity contribution in [3.63, 3.8) is 0 Å². The van der Waals surface area contributed by atoms with Crippen LogP contribution < -0.4 is 10.1 Å². The van der Waals surface area contributed by atoms with Gasteiger partial charge in [-0.1, -0.05) is 19.0 Å². The number of benzene rings is 1. The number of methoxy groups -OCH3 is 1. The highest BCUT2D eigenvalue weighted by Gasteiger charge is 2.27. The maximum atomic E-state index is 13.4. The van der Waals surface area contributed by atoms with Crippen LogP contribution in [0, 0.1) is 17.6 Å². The minimum Gasteiger partial charge on any atom is -0.503 e. The van der Waals surface area contributed by atoms with Crippen LogP contribution in [0.1, 0.15) is 61.7 Å². The van der Waals surface area contributed by atoms with Gasteiger partial charge in [0.25, 0.3) is 5.91 Å². The Labute approximate surface area is 195 Å². The maximum Gasteiger partial charge on any atom is 0.251 e. The fourth-order valence-electron chi connectivity index (χ4n) is 3.70. The summed E-state index contributed by atoms with van der Waals surface area (Å²) in [6, 6.07) is 4.99. The standard InChI is InChI=1S/C21H21F2N5O4.C2H6/c1-31-17-7-6-16(26-27-17)19-25-21(32-28-19)12-4-2-11(3-5-12)10-24-20(30)13-8-14(22)18(29)15(23)9-13;1-2/h6-9,11-12,29H,2-5,10H2,1H3,(H,24,30);1-2H3. The van der Waals surface area contributed by atoms with Gasteiger partial charge in [-0.3, -0.25) is 4.79 Å². The van der Waals surface area contributed by atoms with Crippen LogP contribution in [0.5, 0.6) is 11.6 Å². The van der Waals surface area contributed by atoms with E-state index in [2.05, 4.69) is 25.7 Å². The summed E-state index contributed by atoms with van der Waals surface area (Å²) in [4.78, 5) is 16.6. The van der Waals surface area contributed by atoms with Crippen LogP contribution in [-0.4, -0.2) is 45.0 Å². The lowest BCUT2D eigenvalue weighted by Crippen LogP contribution is -2.31. The van der Waals surface area contributed by atoms with E-state index in [4.69, 9.17) is 14.4 Å². The average molecular weight is 475 g/mol. The summed E-state index contributed by atoms with van der Waals surface area (Å²) in [5.74, 6) is -2.41. The van der Waals surface area contributed by atoms with E-state index < -0.39 is 23.3 Å². The minimum atomic E-state index is -1.17. The minimum absolute atomic E-state index is 0.106. The van der Waals surface area contributed by atoms with Gasteiger partial charge in [-0.15, -0.1) is 10.2 Å². The largest absolute Gasteiger partial charge is 0.503 e. The highest BCUT2D eigenvalue weighted by Crippen LogP contribution is 2.35. The van der Waals surface area contributed by atoms with Crippen LogP contribution in [0.3, 0.4) is 0 Å². The molecule has 2 N–H and O–H groups in total. The second-order valence-electron chi connectivity index (χ2n) is 7.63. The van der Waals surface area contributed by atoms with Crippen LogP contribution >= 0.6 is 0 Å². The summed E-state index contributed by atoms with van der Waals surface area (Å²) in [6.45, 7) is 4.38. The van der Waals surface area contributed by atoms with Gasteiger partial charge in [-0.2, -0.15) is 4.98 Å². The number of hydrogen-bond acceptors (Lipinski definition) is 8. The fourth-order valence-corrected chi connectivity index (χ4v) is 3.70. The molecule has 0 unspecified atom stereocenters. The molecular formula is C23H27F2N5O4. The molecule has 0 spiro atoms. The zero-order valence-corrected chi connectivity index (χ0v) is 19.2. The van der Waals surface area contributed by atoms with Crippen molar-refractivity contribution < 1.29 is 27.9 Å². The third-order valence-corrected chi connectivity index (χ3v) is 5.55. The van der Waals surface area contributed by atoms with Crippen LogP contribution in [0.4, 0.5) is 8.78 Å². The zero-order chi connectivity index (χ0) is 24.7. The van der Waals surface area contributed by atoms with Gasteiger partial charge in [0.1, 0.15) is 5.69 Å². The van der Waals surface area contributed by atoms with E-state index >= 15 is 0 Å². The molecule has 1 aromatic carbocycles. The van der Waals surface area contributed by atoms with Gasteiger partial charge in [-0.05, 0) is 49.8 Å². The molecule has 1 aliphatic rings. The first-order chi connectivity index (χ1) is 16.4. The van der Waals surface area contributed by atoms with Crippen LogP contribution in [-0.2, 0) is 0 Å². The summed E-state index contributed by atoms with van der Waals surface area (Å²) >= 11 is 0. The van der Waals surface area contributed by atoms with Crippen LogP contribution in [0.25, 0.3) is 11.5 Å². The predicted octanol–water partition coefficient (Wildman–Crippen LogP) is 4.25. The van der Waals surface area contributed by atoms with Gasteiger partial charge >= 0.3 is 0 Å². The first-order valence-electron chi connectivity index (χ1n) is 11.1. The Balaban J connectivity index is 0.00000158. The molecule has 1 amide bonds. The number of aromatic nitrogens is 4. The molecular weight excluding hydrogens is 448 g/mol. The molecule has 1 aliphatic carbocycles. The number of nitrogens with one attached hydrogen (secondary N) is 1. The van der Waals surface area contributed by atoms with Crippen LogP contribution in [0.2, 0.25) is 0 Å². The lowest BCUT2D eigenvalue weighted by Gasteiger charge is -2.26. The molecule has 9 nitrogen and oxygen atoms in total. The van der Waals surface area contributed by atoms with Gasteiger partial charge in [0, 0.05) is 24.1 Å². The molecule has 2 aromatic heterocycles. The van der Waals surface area contributed by atoms with Crippen molar-refractivity contribution in [3.05, 3.63) is 47.4 Å². The highest BCUT2D eigenvalue weighted by molar-refractivity contribution is 5.94. The number of aromatic hydroxyl groups is 1. The molecule has 0 bridgehead atoms. The Kier molecular flexibility index (Phi) is 8.44. The molecule has 2 heterocycles. The van der Waals surface area contributed by atoms with E-state index in [1.54, 1.807) is 12.1 Å². The van der Waals surface area contributed by atoms with E-state index in [1.165, 1.54) is 7.11 Å². The zero-order valence-electron chi connectivity index (χ0n) is 19.2. The second kappa shape index (κ2) is 11.5. The van der Waals surface area contributed by atoms with E-state index in [1.807, 2.05) is 13.8 Å². The Morgan fingerprint density at radius 2 is 1.82 bits per heavy atom. The molecule has 3 aromatic rings. The van der Waals surface area contributed by atoms with Crippen molar-refractivity contribution in [2.75, 3.05) is 13.7 Å². The van der Waals surface area contributed by atoms with Crippen LogP contribution in [0.15, 0.2) is 28.8 Å². The summed E-state index contributed by atoms with van der Waals surface area (Å²) in [7, 11) is 1.50. The first-order valence-corrected chi connectivity index (χ1v) is 11.1. The number of phenols is 1. The predicted molar refractivity (Wildman–Crippen MR) is 118 cm³/mol. The normalized spacial score (nSPS) is 17.4. The lowest BCUT2D eigenvalue weighted by atomic mass is 9.82. The Hall–Kier alpha value is -3.63. The number of rotatable bonds is 6. The molecule has 0 aliphatic heterocycles. The molecule has 182 valence electrons. The summed E-state index contributed by atoms with van der Waals surface area (Å²) < 4.78 is 37.3. The number of ether oxygens (including phenoxy) is 1. The average Bonchev–Trinajstić information content (AvgIpc) is 3.37. The summed E-state index contributed by atoms with van der Waals surface area (Å²) in [6.07, 6.45) is 3.25. The first kappa shape index (κ1) is 25.0.